The molecule has 0 saturated carbocycles. The number of allylic oxidation sites excluding steroid dienone is 4. The first kappa shape index (κ1) is 23.1. The number of ether oxygens (including phenoxy) is 1. The Bertz CT molecular complexity index is 578. The molecule has 24 heavy (non-hydrogen) atoms. The molecule has 0 heterocycles. The third-order valence-electron chi connectivity index (χ3n) is 3.50. The van der Waals surface area contributed by atoms with Gasteiger partial charge in [0.15, 0.2) is 0 Å². The first-order chi connectivity index (χ1) is 11.0. The Morgan fingerprint density at radius 2 is 1.75 bits per heavy atom. The third kappa shape index (κ3) is 8.27. The van der Waals surface area contributed by atoms with Crippen LogP contribution in [-0.4, -0.2) is 25.1 Å². The van der Waals surface area contributed by atoms with Crippen molar-refractivity contribution in [2.75, 3.05) is 7.11 Å². The van der Waals surface area contributed by atoms with Gasteiger partial charge in [0.05, 0.1) is 7.11 Å². The Balaban J connectivity index is 0.000000420. The summed E-state index contributed by atoms with van der Waals surface area (Å²) in [5, 5.41) is 10.9. The van der Waals surface area contributed by atoms with E-state index in [1.807, 2.05) is 6.07 Å². The second kappa shape index (κ2) is 10.2. The van der Waals surface area contributed by atoms with E-state index >= 15 is 0 Å². The molecular weight excluding hydrogens is 348 g/mol. The summed E-state index contributed by atoms with van der Waals surface area (Å²) in [7, 11) is 0.593. The van der Waals surface area contributed by atoms with Crippen molar-refractivity contribution in [3.8, 4) is 11.5 Å². The Hall–Kier alpha value is -0.899. The standard InChI is InChI=1S/C11H16O2.C8H13Si.CH2.Ti/c1-11(2,3)8-5-9(12)7-10(6-8)13-4;1-9(2,3)8-6-4-5-7-8;;/h5-7,12H,1-4H3;4,6H,5H2,1-3H3;1H2;/q;-1;;+1. The second-order valence-electron chi connectivity index (χ2n) is 7.62. The zero-order valence-electron chi connectivity index (χ0n) is 16.2. The maximum absolute atomic E-state index is 9.41. The van der Waals surface area contributed by atoms with Gasteiger partial charge < -0.3 is 9.84 Å². The number of phenols is 1. The molecule has 1 aliphatic rings. The molecular formula is C20H31O2SiTi. The zero-order valence-corrected chi connectivity index (χ0v) is 18.7. The van der Waals surface area contributed by atoms with Crippen molar-refractivity contribution < 1.29 is 29.8 Å². The van der Waals surface area contributed by atoms with Crippen LogP contribution < -0.4 is 4.74 Å². The van der Waals surface area contributed by atoms with Gasteiger partial charge in [0.25, 0.3) is 0 Å². The minimum absolute atomic E-state index is 0.0338. The predicted octanol–water partition coefficient (Wildman–Crippen LogP) is 5.22. The minimum atomic E-state index is -1.01. The third-order valence-corrected chi connectivity index (χ3v) is 5.46. The van der Waals surface area contributed by atoms with Crippen molar-refractivity contribution in [2.24, 2.45) is 0 Å². The quantitative estimate of drug-likeness (QED) is 0.564. The first-order valence-electron chi connectivity index (χ1n) is 8.06. The van der Waals surface area contributed by atoms with Gasteiger partial charge in [0.1, 0.15) is 11.5 Å². The average molecular weight is 379 g/mol. The number of hydrogen-bond acceptors (Lipinski definition) is 2. The van der Waals surface area contributed by atoms with Crippen molar-refractivity contribution in [1.29, 1.82) is 0 Å². The van der Waals surface area contributed by atoms with Gasteiger partial charge in [-0.25, -0.2) is 11.3 Å². The first-order valence-corrected chi connectivity index (χ1v) is 12.7. The van der Waals surface area contributed by atoms with Crippen LogP contribution in [0.25, 0.3) is 0 Å². The molecule has 0 atom stereocenters. The van der Waals surface area contributed by atoms with Gasteiger partial charge in [-0.2, -0.15) is 6.08 Å². The van der Waals surface area contributed by atoms with Crippen LogP contribution in [-0.2, 0) is 25.4 Å². The van der Waals surface area contributed by atoms with Crippen molar-refractivity contribution in [3.63, 3.8) is 0 Å². The van der Waals surface area contributed by atoms with Crippen molar-refractivity contribution in [2.45, 2.75) is 52.2 Å². The molecule has 1 aliphatic carbocycles. The molecule has 0 fully saturated rings. The summed E-state index contributed by atoms with van der Waals surface area (Å²) < 4.78 is 5.07. The number of rotatable bonds is 2. The van der Waals surface area contributed by atoms with Crippen molar-refractivity contribution in [1.82, 2.24) is 0 Å². The SMILES string of the molecule is COc1cc(O)cc(C(C)(C)C)c1.C[Si](C)(C)C1=[C-]CC=C1.[CH2]=[Ti+]. The summed E-state index contributed by atoms with van der Waals surface area (Å²) in [5.74, 6) is 0.953. The van der Waals surface area contributed by atoms with Gasteiger partial charge in [0, 0.05) is 14.1 Å². The number of benzene rings is 1. The molecule has 0 saturated heterocycles. The van der Waals surface area contributed by atoms with E-state index in [0.717, 1.165) is 12.0 Å². The van der Waals surface area contributed by atoms with E-state index < -0.39 is 8.07 Å². The summed E-state index contributed by atoms with van der Waals surface area (Å²) >= 11 is 1.75. The molecule has 2 rings (SSSR count). The van der Waals surface area contributed by atoms with E-state index in [1.54, 1.807) is 39.2 Å². The summed E-state index contributed by atoms with van der Waals surface area (Å²) in [4.78, 5) is 3.25. The fourth-order valence-electron chi connectivity index (χ4n) is 2.05. The van der Waals surface area contributed by atoms with E-state index in [4.69, 9.17) is 4.74 Å². The fourth-order valence-corrected chi connectivity index (χ4v) is 3.30. The van der Waals surface area contributed by atoms with Gasteiger partial charge in [0.2, 0.25) is 0 Å². The van der Waals surface area contributed by atoms with E-state index in [0.29, 0.717) is 5.75 Å². The Labute approximate surface area is 160 Å². The second-order valence-corrected chi connectivity index (χ2v) is 12.7. The monoisotopic (exact) mass is 379 g/mol. The number of aromatic hydroxyl groups is 1. The van der Waals surface area contributed by atoms with Gasteiger partial charge in [-0.1, -0.05) is 40.4 Å². The summed E-state index contributed by atoms with van der Waals surface area (Å²) in [6, 6.07) is 5.32. The van der Waals surface area contributed by atoms with Crippen LogP contribution in [0.1, 0.15) is 32.8 Å². The van der Waals surface area contributed by atoms with Gasteiger partial charge in [-0.3, -0.25) is 6.08 Å². The molecule has 4 heteroatoms. The molecule has 0 amide bonds. The normalized spacial score (nSPS) is 13.3. The topological polar surface area (TPSA) is 29.5 Å². The number of phenolic OH excluding ortho intramolecular Hbond substituents is 1. The predicted molar refractivity (Wildman–Crippen MR) is 104 cm³/mol. The van der Waals surface area contributed by atoms with E-state index in [-0.39, 0.29) is 11.2 Å². The molecule has 131 valence electrons. The van der Waals surface area contributed by atoms with Crippen LogP contribution >= 0.6 is 0 Å². The Morgan fingerprint density at radius 3 is 2.08 bits per heavy atom. The summed E-state index contributed by atoms with van der Waals surface area (Å²) in [6.45, 7) is 13.4. The van der Waals surface area contributed by atoms with Crippen LogP contribution in [0.15, 0.2) is 35.5 Å². The van der Waals surface area contributed by atoms with Crippen LogP contribution in [0, 0.1) is 6.08 Å². The average Bonchev–Trinajstić information content (AvgIpc) is 3.03. The fraction of sp³-hybridized carbons (Fsp3) is 0.450. The van der Waals surface area contributed by atoms with Crippen molar-refractivity contribution >= 4 is 12.9 Å². The maximum atomic E-state index is 9.41. The molecule has 0 radical (unpaired) electrons. The summed E-state index contributed by atoms with van der Waals surface area (Å²) in [6.07, 6.45) is 8.82. The Kier molecular flexibility index (Phi) is 9.79. The number of hydrogen-bond donors (Lipinski definition) is 1. The number of methoxy groups -OCH3 is 1. The molecule has 0 aromatic heterocycles. The van der Waals surface area contributed by atoms with Gasteiger partial charge in [-0.05, 0) is 23.1 Å². The molecule has 0 spiro atoms. The van der Waals surface area contributed by atoms with E-state index in [9.17, 15) is 5.11 Å². The van der Waals surface area contributed by atoms with Crippen LogP contribution in [0.5, 0.6) is 11.5 Å². The molecule has 0 unspecified atom stereocenters. The summed E-state index contributed by atoms with van der Waals surface area (Å²) in [5.41, 5.74) is 1.11. The molecule has 2 nitrogen and oxygen atoms in total. The molecule has 0 bridgehead atoms. The molecule has 1 aromatic carbocycles. The van der Waals surface area contributed by atoms with Gasteiger partial charge >= 0.3 is 24.8 Å². The van der Waals surface area contributed by atoms with Crippen LogP contribution in [0.2, 0.25) is 19.6 Å². The van der Waals surface area contributed by atoms with E-state index in [1.165, 1.54) is 5.20 Å². The van der Waals surface area contributed by atoms with Crippen LogP contribution in [0.3, 0.4) is 0 Å². The van der Waals surface area contributed by atoms with E-state index in [2.05, 4.69) is 63.5 Å². The van der Waals surface area contributed by atoms with Crippen molar-refractivity contribution in [3.05, 3.63) is 47.2 Å². The Morgan fingerprint density at radius 1 is 1.17 bits per heavy atom. The molecule has 0 aliphatic heterocycles. The van der Waals surface area contributed by atoms with Crippen LogP contribution in [0.4, 0.5) is 0 Å². The van der Waals surface area contributed by atoms with Gasteiger partial charge in [-0.15, -0.1) is 6.42 Å². The molecule has 1 N–H and O–H groups in total. The zero-order chi connectivity index (χ0) is 19.0. The molecule has 1 aromatic rings.